The molecule has 0 radical (unpaired) electrons. The first kappa shape index (κ1) is 16.2. The highest BCUT2D eigenvalue weighted by Crippen LogP contribution is 2.19. The van der Waals surface area contributed by atoms with Gasteiger partial charge in [0.1, 0.15) is 18.7 Å². The number of nitrogens with zero attached hydrogens (tertiary/aromatic N) is 5. The number of benzene rings is 1. The molecule has 7 nitrogen and oxygen atoms in total. The van der Waals surface area contributed by atoms with E-state index >= 15 is 0 Å². The van der Waals surface area contributed by atoms with Crippen LogP contribution in [0.25, 0.3) is 0 Å². The second-order valence-corrected chi connectivity index (χ2v) is 5.97. The molecule has 7 heteroatoms. The van der Waals surface area contributed by atoms with Gasteiger partial charge in [0, 0.05) is 37.4 Å². The van der Waals surface area contributed by atoms with E-state index in [-0.39, 0.29) is 17.7 Å². The number of anilines is 1. The summed E-state index contributed by atoms with van der Waals surface area (Å²) in [5.74, 6) is 0.131. The summed E-state index contributed by atoms with van der Waals surface area (Å²) in [5.41, 5.74) is 1.80. The van der Waals surface area contributed by atoms with E-state index in [2.05, 4.69) is 15.0 Å². The van der Waals surface area contributed by atoms with Crippen LogP contribution in [0.2, 0.25) is 0 Å². The Morgan fingerprint density at radius 3 is 2.29 bits per heavy atom. The maximum atomic E-state index is 12.5. The molecule has 1 atom stereocenters. The lowest BCUT2D eigenvalue weighted by molar-refractivity contribution is -0.134. The maximum Gasteiger partial charge on any atom is 0.247 e. The number of carbonyl (C=O) groups is 2. The van der Waals surface area contributed by atoms with Gasteiger partial charge in [0.25, 0.3) is 0 Å². The Balaban J connectivity index is 1.59. The van der Waals surface area contributed by atoms with E-state index in [9.17, 15) is 9.59 Å². The second-order valence-electron chi connectivity index (χ2n) is 5.97. The summed E-state index contributed by atoms with van der Waals surface area (Å²) in [7, 11) is 0. The third kappa shape index (κ3) is 3.29. The molecular weight excluding hydrogens is 306 g/mol. The number of Topliss-reactive ketones (excluding diaryl/α,β-unsaturated/α-hetero) is 1. The van der Waals surface area contributed by atoms with E-state index in [1.54, 1.807) is 17.9 Å². The van der Waals surface area contributed by atoms with Gasteiger partial charge in [-0.3, -0.25) is 9.59 Å². The number of hydrogen-bond donors (Lipinski definition) is 0. The fourth-order valence-electron chi connectivity index (χ4n) is 2.89. The summed E-state index contributed by atoms with van der Waals surface area (Å²) >= 11 is 0. The van der Waals surface area contributed by atoms with Gasteiger partial charge in [-0.2, -0.15) is 5.10 Å². The quantitative estimate of drug-likeness (QED) is 0.794. The van der Waals surface area contributed by atoms with Crippen LogP contribution in [0.1, 0.15) is 30.2 Å². The third-order valence-corrected chi connectivity index (χ3v) is 4.42. The van der Waals surface area contributed by atoms with Crippen LogP contribution < -0.4 is 4.90 Å². The molecule has 2 aromatic rings. The molecule has 3 rings (SSSR count). The average Bonchev–Trinajstić information content (AvgIpc) is 3.15. The van der Waals surface area contributed by atoms with Crippen molar-refractivity contribution in [3.8, 4) is 0 Å². The molecule has 1 aliphatic rings. The smallest absolute Gasteiger partial charge is 0.247 e. The fourth-order valence-corrected chi connectivity index (χ4v) is 2.89. The minimum atomic E-state index is -0.339. The van der Waals surface area contributed by atoms with Gasteiger partial charge in [0.2, 0.25) is 5.91 Å². The molecular formula is C17H21N5O2. The van der Waals surface area contributed by atoms with E-state index in [1.165, 1.54) is 6.33 Å². The first-order valence-electron chi connectivity index (χ1n) is 8.05. The molecule has 1 amide bonds. The third-order valence-electron chi connectivity index (χ3n) is 4.42. The van der Waals surface area contributed by atoms with Crippen molar-refractivity contribution in [2.24, 2.45) is 0 Å². The van der Waals surface area contributed by atoms with Crippen LogP contribution in [0.5, 0.6) is 0 Å². The summed E-state index contributed by atoms with van der Waals surface area (Å²) in [4.78, 5) is 31.9. The molecule has 1 saturated heterocycles. The first-order chi connectivity index (χ1) is 11.6. The second kappa shape index (κ2) is 6.82. The highest BCUT2D eigenvalue weighted by molar-refractivity contribution is 5.94. The number of aromatic nitrogens is 3. The van der Waals surface area contributed by atoms with E-state index in [1.807, 2.05) is 36.1 Å². The van der Waals surface area contributed by atoms with Crippen molar-refractivity contribution in [3.63, 3.8) is 0 Å². The Morgan fingerprint density at radius 1 is 1.08 bits per heavy atom. The predicted octanol–water partition coefficient (Wildman–Crippen LogP) is 1.39. The van der Waals surface area contributed by atoms with Gasteiger partial charge in [-0.15, -0.1) is 0 Å². The van der Waals surface area contributed by atoms with E-state index in [0.717, 1.165) is 18.8 Å². The SMILES string of the molecule is CC(=O)c1ccc(N2CCN(C(=O)[C@H](C)n3cncn3)CC2)cc1. The Bertz CT molecular complexity index is 703. The van der Waals surface area contributed by atoms with E-state index in [0.29, 0.717) is 18.7 Å². The lowest BCUT2D eigenvalue weighted by Crippen LogP contribution is -2.50. The van der Waals surface area contributed by atoms with Crippen molar-refractivity contribution in [2.45, 2.75) is 19.9 Å². The molecule has 1 aliphatic heterocycles. The predicted molar refractivity (Wildman–Crippen MR) is 90.0 cm³/mol. The zero-order valence-corrected chi connectivity index (χ0v) is 13.9. The van der Waals surface area contributed by atoms with Crippen LogP contribution in [0, 0.1) is 0 Å². The largest absolute Gasteiger partial charge is 0.368 e. The van der Waals surface area contributed by atoms with Gasteiger partial charge in [0.05, 0.1) is 0 Å². The molecule has 1 fully saturated rings. The summed E-state index contributed by atoms with van der Waals surface area (Å²) in [6.45, 7) is 6.29. The first-order valence-corrected chi connectivity index (χ1v) is 8.05. The normalized spacial score (nSPS) is 16.1. The van der Waals surface area contributed by atoms with Gasteiger partial charge in [-0.25, -0.2) is 9.67 Å². The Labute approximate surface area is 140 Å². The highest BCUT2D eigenvalue weighted by atomic mass is 16.2. The summed E-state index contributed by atoms with van der Waals surface area (Å²) < 4.78 is 1.58. The molecule has 0 unspecified atom stereocenters. The number of piperazine rings is 1. The number of ketones is 1. The van der Waals surface area contributed by atoms with Gasteiger partial charge >= 0.3 is 0 Å². The van der Waals surface area contributed by atoms with Crippen LogP contribution in [0.4, 0.5) is 5.69 Å². The number of carbonyl (C=O) groups excluding carboxylic acids is 2. The minimum absolute atomic E-state index is 0.0621. The van der Waals surface area contributed by atoms with Crippen LogP contribution in [-0.2, 0) is 4.79 Å². The Kier molecular flexibility index (Phi) is 4.59. The molecule has 0 aliphatic carbocycles. The molecule has 0 saturated carbocycles. The standard InChI is InChI=1S/C17H21N5O2/c1-13(22-12-18-11-19-22)17(24)21-9-7-20(8-10-21)16-5-3-15(4-6-16)14(2)23/h3-6,11-13H,7-10H2,1-2H3/t13-/m0/s1. The molecule has 126 valence electrons. The lowest BCUT2D eigenvalue weighted by Gasteiger charge is -2.37. The van der Waals surface area contributed by atoms with Gasteiger partial charge in [0.15, 0.2) is 5.78 Å². The summed E-state index contributed by atoms with van der Waals surface area (Å²) in [6.07, 6.45) is 3.00. The van der Waals surface area contributed by atoms with Crippen LogP contribution in [0.3, 0.4) is 0 Å². The van der Waals surface area contributed by atoms with Crippen LogP contribution in [-0.4, -0.2) is 57.5 Å². The highest BCUT2D eigenvalue weighted by Gasteiger charge is 2.26. The monoisotopic (exact) mass is 327 g/mol. The van der Waals surface area contributed by atoms with Crippen LogP contribution in [0.15, 0.2) is 36.9 Å². The van der Waals surface area contributed by atoms with Crippen molar-refractivity contribution in [1.82, 2.24) is 19.7 Å². The van der Waals surface area contributed by atoms with Gasteiger partial charge in [-0.1, -0.05) is 0 Å². The van der Waals surface area contributed by atoms with Gasteiger partial charge in [-0.05, 0) is 38.1 Å². The summed E-state index contributed by atoms with van der Waals surface area (Å²) in [6, 6.07) is 7.29. The maximum absolute atomic E-state index is 12.5. The van der Waals surface area contributed by atoms with E-state index < -0.39 is 0 Å². The van der Waals surface area contributed by atoms with E-state index in [4.69, 9.17) is 0 Å². The average molecular weight is 327 g/mol. The summed E-state index contributed by atoms with van der Waals surface area (Å²) in [5, 5.41) is 4.04. The van der Waals surface area contributed by atoms with Crippen LogP contribution >= 0.6 is 0 Å². The molecule has 0 spiro atoms. The van der Waals surface area contributed by atoms with Gasteiger partial charge < -0.3 is 9.80 Å². The zero-order valence-electron chi connectivity index (χ0n) is 13.9. The van der Waals surface area contributed by atoms with Crippen molar-refractivity contribution in [2.75, 3.05) is 31.1 Å². The van der Waals surface area contributed by atoms with Crippen molar-refractivity contribution < 1.29 is 9.59 Å². The Morgan fingerprint density at radius 2 is 1.75 bits per heavy atom. The Hall–Kier alpha value is -2.70. The number of amides is 1. The molecule has 0 N–H and O–H groups in total. The van der Waals surface area contributed by atoms with Crippen molar-refractivity contribution in [3.05, 3.63) is 42.5 Å². The molecule has 1 aromatic heterocycles. The molecule has 0 bridgehead atoms. The topological polar surface area (TPSA) is 71.3 Å². The molecule has 24 heavy (non-hydrogen) atoms. The number of rotatable bonds is 4. The van der Waals surface area contributed by atoms with Crippen molar-refractivity contribution >= 4 is 17.4 Å². The molecule has 1 aromatic carbocycles. The zero-order chi connectivity index (χ0) is 17.1. The minimum Gasteiger partial charge on any atom is -0.368 e. The number of hydrogen-bond acceptors (Lipinski definition) is 5. The molecule has 2 heterocycles. The van der Waals surface area contributed by atoms with Crippen molar-refractivity contribution in [1.29, 1.82) is 0 Å². The fraction of sp³-hybridized carbons (Fsp3) is 0.412. The lowest BCUT2D eigenvalue weighted by atomic mass is 10.1.